The van der Waals surface area contributed by atoms with E-state index in [1.807, 2.05) is 47.5 Å². The minimum atomic E-state index is -0.149. The van der Waals surface area contributed by atoms with E-state index in [9.17, 15) is 9.59 Å². The molecule has 1 aliphatic heterocycles. The second-order valence-corrected chi connectivity index (χ2v) is 8.73. The number of benzene rings is 2. The minimum Gasteiger partial charge on any atom is -0.352 e. The Morgan fingerprint density at radius 2 is 1.71 bits per heavy atom. The van der Waals surface area contributed by atoms with Gasteiger partial charge in [-0.2, -0.15) is 0 Å². The monoisotopic (exact) mass is 381 g/mol. The van der Waals surface area contributed by atoms with Gasteiger partial charge in [-0.05, 0) is 47.1 Å². The number of nitrogens with zero attached hydrogens (tertiary/aromatic N) is 1. The molecule has 2 aromatic carbocycles. The highest BCUT2D eigenvalue weighted by Crippen LogP contribution is 2.33. The van der Waals surface area contributed by atoms with Crippen LogP contribution in [0.25, 0.3) is 10.8 Å². The molecule has 0 radical (unpaired) electrons. The Hall–Kier alpha value is -2.40. The molecule has 1 fully saturated rings. The van der Waals surface area contributed by atoms with E-state index in [1.165, 1.54) is 0 Å². The van der Waals surface area contributed by atoms with Gasteiger partial charge in [0.2, 0.25) is 5.91 Å². The van der Waals surface area contributed by atoms with Crippen molar-refractivity contribution in [2.45, 2.75) is 40.0 Å². The molecule has 2 N–H and O–H groups in total. The van der Waals surface area contributed by atoms with Gasteiger partial charge >= 0.3 is 0 Å². The Balaban J connectivity index is 1.41. The van der Waals surface area contributed by atoms with Gasteiger partial charge in [0.1, 0.15) is 0 Å². The maximum atomic E-state index is 12.3. The van der Waals surface area contributed by atoms with E-state index in [4.69, 9.17) is 0 Å². The number of carbonyl (C=O) groups is 2. The van der Waals surface area contributed by atoms with Gasteiger partial charge in [0.25, 0.3) is 5.91 Å². The topological polar surface area (TPSA) is 61.4 Å². The first-order chi connectivity index (χ1) is 13.3. The summed E-state index contributed by atoms with van der Waals surface area (Å²) in [5.41, 5.74) is 3.91. The van der Waals surface area contributed by atoms with Gasteiger partial charge in [-0.15, -0.1) is 0 Å². The Kier molecular flexibility index (Phi) is 6.35. The van der Waals surface area contributed by atoms with E-state index in [1.54, 1.807) is 0 Å². The molecule has 5 heteroatoms. The molecule has 5 nitrogen and oxygen atoms in total. The lowest BCUT2D eigenvalue weighted by molar-refractivity contribution is -0.126. The van der Waals surface area contributed by atoms with Crippen LogP contribution in [-0.2, 0) is 4.79 Å². The fourth-order valence-electron chi connectivity index (χ4n) is 3.81. The number of carbonyl (C=O) groups excluding carboxylic acids is 2. The van der Waals surface area contributed by atoms with Crippen molar-refractivity contribution in [1.82, 2.24) is 15.8 Å². The molecule has 2 amide bonds. The zero-order valence-electron chi connectivity index (χ0n) is 17.1. The second-order valence-electron chi connectivity index (χ2n) is 8.73. The standard InChI is InChI=1S/C23H31N3O2/c1-23(2,3)20-11-14-26(15-12-20)25-21(27)10-13-24-22(28)19-9-8-17-6-4-5-7-18(17)16-19/h4-9,16,20H,10-15H2,1-3H3,(H,24,28)(H,25,27). The molecule has 28 heavy (non-hydrogen) atoms. The smallest absolute Gasteiger partial charge is 0.251 e. The number of amides is 2. The molecule has 1 heterocycles. The van der Waals surface area contributed by atoms with Crippen LogP contribution in [0.5, 0.6) is 0 Å². The van der Waals surface area contributed by atoms with E-state index in [0.717, 1.165) is 36.7 Å². The Bertz CT molecular complexity index is 833. The first kappa shape index (κ1) is 20.3. The van der Waals surface area contributed by atoms with E-state index < -0.39 is 0 Å². The summed E-state index contributed by atoms with van der Waals surface area (Å²) in [5, 5.41) is 6.99. The molecule has 1 aliphatic rings. The second kappa shape index (κ2) is 8.74. The van der Waals surface area contributed by atoms with Crippen molar-refractivity contribution in [2.75, 3.05) is 19.6 Å². The van der Waals surface area contributed by atoms with Crippen molar-refractivity contribution >= 4 is 22.6 Å². The number of fused-ring (bicyclic) bond motifs is 1. The summed E-state index contributed by atoms with van der Waals surface area (Å²) in [6.07, 6.45) is 2.48. The third-order valence-electron chi connectivity index (χ3n) is 5.65. The third-order valence-corrected chi connectivity index (χ3v) is 5.65. The summed E-state index contributed by atoms with van der Waals surface area (Å²) in [5.74, 6) is 0.499. The van der Waals surface area contributed by atoms with Crippen LogP contribution in [0.15, 0.2) is 42.5 Å². The van der Waals surface area contributed by atoms with Crippen LogP contribution < -0.4 is 10.7 Å². The van der Waals surface area contributed by atoms with Crippen LogP contribution in [0, 0.1) is 11.3 Å². The zero-order chi connectivity index (χ0) is 20.1. The quantitative estimate of drug-likeness (QED) is 0.829. The highest BCUT2D eigenvalue weighted by Gasteiger charge is 2.29. The number of rotatable bonds is 5. The summed E-state index contributed by atoms with van der Waals surface area (Å²) in [6, 6.07) is 13.6. The maximum absolute atomic E-state index is 12.3. The lowest BCUT2D eigenvalue weighted by atomic mass is 9.75. The van der Waals surface area contributed by atoms with Gasteiger partial charge in [0, 0.05) is 31.6 Å². The highest BCUT2D eigenvalue weighted by molar-refractivity contribution is 5.98. The van der Waals surface area contributed by atoms with Crippen LogP contribution in [0.3, 0.4) is 0 Å². The number of hydrazine groups is 1. The summed E-state index contributed by atoms with van der Waals surface area (Å²) in [4.78, 5) is 24.5. The molecule has 0 aliphatic carbocycles. The maximum Gasteiger partial charge on any atom is 0.251 e. The number of piperidine rings is 1. The highest BCUT2D eigenvalue weighted by atomic mass is 16.2. The normalized spacial score (nSPS) is 16.1. The Labute approximate surface area is 167 Å². The largest absolute Gasteiger partial charge is 0.352 e. The van der Waals surface area contributed by atoms with Gasteiger partial charge in [-0.1, -0.05) is 51.1 Å². The van der Waals surface area contributed by atoms with Crippen LogP contribution in [0.4, 0.5) is 0 Å². The van der Waals surface area contributed by atoms with Crippen LogP contribution in [0.2, 0.25) is 0 Å². The lowest BCUT2D eigenvalue weighted by Crippen LogP contribution is -2.48. The van der Waals surface area contributed by atoms with Crippen LogP contribution in [0.1, 0.15) is 50.4 Å². The summed E-state index contributed by atoms with van der Waals surface area (Å²) in [6.45, 7) is 8.95. The molecule has 150 valence electrons. The van der Waals surface area contributed by atoms with E-state index in [2.05, 4.69) is 31.5 Å². The molecular formula is C23H31N3O2. The number of hydrogen-bond acceptors (Lipinski definition) is 3. The van der Waals surface area contributed by atoms with Crippen molar-refractivity contribution in [2.24, 2.45) is 11.3 Å². The van der Waals surface area contributed by atoms with Gasteiger partial charge in [-0.3, -0.25) is 15.0 Å². The molecule has 0 spiro atoms. The van der Waals surface area contributed by atoms with E-state index in [0.29, 0.717) is 23.4 Å². The van der Waals surface area contributed by atoms with E-state index >= 15 is 0 Å². The lowest BCUT2D eigenvalue weighted by Gasteiger charge is -2.38. The fourth-order valence-corrected chi connectivity index (χ4v) is 3.81. The molecule has 0 atom stereocenters. The fraction of sp³-hybridized carbons (Fsp3) is 0.478. The van der Waals surface area contributed by atoms with Crippen molar-refractivity contribution in [3.05, 3.63) is 48.0 Å². The van der Waals surface area contributed by atoms with Crippen LogP contribution in [-0.4, -0.2) is 36.5 Å². The van der Waals surface area contributed by atoms with E-state index in [-0.39, 0.29) is 18.2 Å². The molecule has 0 saturated carbocycles. The Morgan fingerprint density at radius 3 is 2.39 bits per heavy atom. The first-order valence-electron chi connectivity index (χ1n) is 10.1. The average molecular weight is 382 g/mol. The van der Waals surface area contributed by atoms with Gasteiger partial charge in [-0.25, -0.2) is 5.01 Å². The average Bonchev–Trinajstić information content (AvgIpc) is 2.67. The summed E-state index contributed by atoms with van der Waals surface area (Å²) in [7, 11) is 0. The van der Waals surface area contributed by atoms with Gasteiger partial charge in [0.15, 0.2) is 0 Å². The van der Waals surface area contributed by atoms with Crippen molar-refractivity contribution in [3.63, 3.8) is 0 Å². The molecule has 0 bridgehead atoms. The number of nitrogens with one attached hydrogen (secondary N) is 2. The minimum absolute atomic E-state index is 0.0481. The van der Waals surface area contributed by atoms with Crippen molar-refractivity contribution < 1.29 is 9.59 Å². The van der Waals surface area contributed by atoms with Crippen molar-refractivity contribution in [3.8, 4) is 0 Å². The Morgan fingerprint density at radius 1 is 1.04 bits per heavy atom. The molecular weight excluding hydrogens is 350 g/mol. The summed E-state index contributed by atoms with van der Waals surface area (Å²) < 4.78 is 0. The zero-order valence-corrected chi connectivity index (χ0v) is 17.1. The SMILES string of the molecule is CC(C)(C)C1CCN(NC(=O)CCNC(=O)c2ccc3ccccc3c2)CC1. The first-order valence-corrected chi connectivity index (χ1v) is 10.1. The van der Waals surface area contributed by atoms with Crippen molar-refractivity contribution in [1.29, 1.82) is 0 Å². The molecule has 0 unspecified atom stereocenters. The van der Waals surface area contributed by atoms with Gasteiger partial charge in [0.05, 0.1) is 0 Å². The molecule has 1 saturated heterocycles. The molecule has 3 rings (SSSR count). The van der Waals surface area contributed by atoms with Crippen LogP contribution >= 0.6 is 0 Å². The molecule has 2 aromatic rings. The summed E-state index contributed by atoms with van der Waals surface area (Å²) >= 11 is 0. The van der Waals surface area contributed by atoms with Gasteiger partial charge < -0.3 is 5.32 Å². The third kappa shape index (κ3) is 5.32. The predicted molar refractivity (Wildman–Crippen MR) is 113 cm³/mol. The molecule has 0 aromatic heterocycles. The predicted octanol–water partition coefficient (Wildman–Crippen LogP) is 3.75. The number of hydrogen-bond donors (Lipinski definition) is 2.